The number of nitrogens with one attached hydrogen (secondary N) is 2. The lowest BCUT2D eigenvalue weighted by Crippen LogP contribution is -2.05. The Balaban J connectivity index is 1.96. The molecule has 0 saturated carbocycles. The van der Waals surface area contributed by atoms with E-state index in [2.05, 4.69) is 38.7 Å². The summed E-state index contributed by atoms with van der Waals surface area (Å²) in [5.74, 6) is 1.43. The number of nitrogens with zero attached hydrogens (tertiary/aromatic N) is 3. The third-order valence-electron chi connectivity index (χ3n) is 2.94. The lowest BCUT2D eigenvalue weighted by Gasteiger charge is -2.06. The molecule has 3 rings (SSSR count). The van der Waals surface area contributed by atoms with E-state index in [0.717, 1.165) is 28.1 Å². The van der Waals surface area contributed by atoms with Crippen molar-refractivity contribution in [1.82, 2.24) is 15.1 Å². The fraction of sp³-hybridized carbons (Fsp3) is 0.308. The molecule has 0 aromatic carbocycles. The Bertz CT molecular complexity index is 707. The Morgan fingerprint density at radius 1 is 1.35 bits per heavy atom. The topological polar surface area (TPSA) is 75.9 Å². The normalized spacial score (nSPS) is 10.9. The van der Waals surface area contributed by atoms with E-state index in [0.29, 0.717) is 12.5 Å². The van der Waals surface area contributed by atoms with Gasteiger partial charge < -0.3 is 15.2 Å². The van der Waals surface area contributed by atoms with Crippen LogP contribution in [0.1, 0.15) is 17.5 Å². The summed E-state index contributed by atoms with van der Waals surface area (Å²) < 4.78 is 4.82. The van der Waals surface area contributed by atoms with Gasteiger partial charge in [0.25, 0.3) is 0 Å². The zero-order chi connectivity index (χ0) is 13.9. The van der Waals surface area contributed by atoms with Gasteiger partial charge in [-0.15, -0.1) is 11.3 Å². The molecule has 20 heavy (non-hydrogen) atoms. The van der Waals surface area contributed by atoms with Crippen molar-refractivity contribution in [2.24, 2.45) is 0 Å². The average Bonchev–Trinajstić information content (AvgIpc) is 3.12. The third-order valence-corrected chi connectivity index (χ3v) is 4.12. The van der Waals surface area contributed by atoms with Crippen LogP contribution in [0.3, 0.4) is 0 Å². The number of thiophene rings is 1. The largest absolute Gasteiger partial charge is 0.364 e. The molecule has 3 aromatic heterocycles. The van der Waals surface area contributed by atoms with E-state index in [-0.39, 0.29) is 0 Å². The summed E-state index contributed by atoms with van der Waals surface area (Å²) in [7, 11) is 1.82. The van der Waals surface area contributed by atoms with Crippen LogP contribution in [0.25, 0.3) is 10.2 Å². The first-order valence-electron chi connectivity index (χ1n) is 6.41. The zero-order valence-electron chi connectivity index (χ0n) is 11.3. The van der Waals surface area contributed by atoms with E-state index in [1.165, 1.54) is 4.88 Å². The molecule has 6 nitrogen and oxygen atoms in total. The first kappa shape index (κ1) is 12.9. The fourth-order valence-electron chi connectivity index (χ4n) is 1.90. The number of hydrogen-bond acceptors (Lipinski definition) is 7. The smallest absolute Gasteiger partial charge is 0.225 e. The van der Waals surface area contributed by atoms with Gasteiger partial charge in [-0.25, -0.2) is 4.98 Å². The second-order valence-electron chi connectivity index (χ2n) is 4.28. The van der Waals surface area contributed by atoms with Crippen LogP contribution in [-0.4, -0.2) is 22.2 Å². The van der Waals surface area contributed by atoms with E-state index in [1.54, 1.807) is 17.6 Å². The second kappa shape index (κ2) is 5.46. The molecule has 7 heteroatoms. The maximum atomic E-state index is 4.82. The van der Waals surface area contributed by atoms with E-state index in [1.807, 2.05) is 13.1 Å². The molecule has 104 valence electrons. The number of aryl methyl sites for hydroxylation is 1. The van der Waals surface area contributed by atoms with Gasteiger partial charge in [-0.1, -0.05) is 12.1 Å². The lowest BCUT2D eigenvalue weighted by atomic mass is 10.3. The zero-order valence-corrected chi connectivity index (χ0v) is 12.1. The van der Waals surface area contributed by atoms with E-state index >= 15 is 0 Å². The van der Waals surface area contributed by atoms with Crippen LogP contribution in [0.2, 0.25) is 0 Å². The summed E-state index contributed by atoms with van der Waals surface area (Å²) in [6, 6.07) is 3.97. The second-order valence-corrected chi connectivity index (χ2v) is 5.39. The summed E-state index contributed by atoms with van der Waals surface area (Å²) >= 11 is 1.70. The number of hydrogen-bond donors (Lipinski definition) is 2. The Morgan fingerprint density at radius 2 is 2.25 bits per heavy atom. The Hall–Kier alpha value is -2.15. The number of anilines is 2. The van der Waals surface area contributed by atoms with Gasteiger partial charge in [0.1, 0.15) is 22.6 Å². The first-order chi connectivity index (χ1) is 9.80. The van der Waals surface area contributed by atoms with Gasteiger partial charge in [-0.3, -0.25) is 0 Å². The minimum Gasteiger partial charge on any atom is -0.364 e. The Morgan fingerprint density at radius 3 is 2.95 bits per heavy atom. The first-order valence-corrected chi connectivity index (χ1v) is 7.23. The van der Waals surface area contributed by atoms with Gasteiger partial charge in [-0.2, -0.15) is 4.98 Å². The molecule has 0 unspecified atom stereocenters. The summed E-state index contributed by atoms with van der Waals surface area (Å²) in [4.78, 5) is 11.3. The molecule has 0 aliphatic rings. The molecule has 0 bridgehead atoms. The van der Waals surface area contributed by atoms with Crippen LogP contribution in [0, 0.1) is 0 Å². The standard InChI is InChI=1S/C13H15N5OS/c1-3-9-6-10-11(15-7-8-4-5-19-18-8)16-13(14-2)17-12(10)20-9/h4-6H,3,7H2,1-2H3,(H2,14,15,16,17). The molecule has 0 atom stereocenters. The molecule has 0 spiro atoms. The molecule has 3 heterocycles. The molecule has 0 aliphatic heterocycles. The van der Waals surface area contributed by atoms with E-state index < -0.39 is 0 Å². The van der Waals surface area contributed by atoms with Crippen LogP contribution in [0.4, 0.5) is 11.8 Å². The van der Waals surface area contributed by atoms with Crippen LogP contribution in [-0.2, 0) is 13.0 Å². The Labute approximate surface area is 120 Å². The minimum atomic E-state index is 0.572. The molecule has 2 N–H and O–H groups in total. The average molecular weight is 289 g/mol. The summed E-state index contributed by atoms with van der Waals surface area (Å²) in [6.45, 7) is 2.71. The number of rotatable bonds is 5. The highest BCUT2D eigenvalue weighted by molar-refractivity contribution is 7.18. The van der Waals surface area contributed by atoms with E-state index in [9.17, 15) is 0 Å². The molecule has 0 aliphatic carbocycles. The van der Waals surface area contributed by atoms with Crippen molar-refractivity contribution in [1.29, 1.82) is 0 Å². The van der Waals surface area contributed by atoms with Crippen LogP contribution >= 0.6 is 11.3 Å². The Kier molecular flexibility index (Phi) is 3.51. The highest BCUT2D eigenvalue weighted by Crippen LogP contribution is 2.30. The van der Waals surface area contributed by atoms with E-state index in [4.69, 9.17) is 4.52 Å². The molecule has 0 amide bonds. The highest BCUT2D eigenvalue weighted by atomic mass is 32.1. The van der Waals surface area contributed by atoms with Gasteiger partial charge >= 0.3 is 0 Å². The van der Waals surface area contributed by atoms with Crippen molar-refractivity contribution >= 4 is 33.3 Å². The van der Waals surface area contributed by atoms with Crippen LogP contribution < -0.4 is 10.6 Å². The molecular formula is C13H15N5OS. The summed E-state index contributed by atoms with van der Waals surface area (Å²) in [6.07, 6.45) is 2.56. The van der Waals surface area contributed by atoms with Crippen molar-refractivity contribution in [2.75, 3.05) is 17.7 Å². The fourth-order valence-corrected chi connectivity index (χ4v) is 2.86. The van der Waals surface area contributed by atoms with Crippen molar-refractivity contribution in [3.63, 3.8) is 0 Å². The maximum absolute atomic E-state index is 4.82. The van der Waals surface area contributed by atoms with Crippen molar-refractivity contribution < 1.29 is 4.52 Å². The van der Waals surface area contributed by atoms with Gasteiger partial charge in [-0.05, 0) is 12.5 Å². The van der Waals surface area contributed by atoms with Crippen LogP contribution in [0.5, 0.6) is 0 Å². The highest BCUT2D eigenvalue weighted by Gasteiger charge is 2.11. The molecule has 0 saturated heterocycles. The third kappa shape index (κ3) is 2.44. The lowest BCUT2D eigenvalue weighted by molar-refractivity contribution is 0.412. The molecule has 0 fully saturated rings. The number of fused-ring (bicyclic) bond motifs is 1. The molecule has 3 aromatic rings. The predicted molar refractivity (Wildman–Crippen MR) is 80.2 cm³/mol. The summed E-state index contributed by atoms with van der Waals surface area (Å²) in [5, 5.41) is 11.2. The minimum absolute atomic E-state index is 0.572. The number of aromatic nitrogens is 3. The van der Waals surface area contributed by atoms with Gasteiger partial charge in [0.05, 0.1) is 11.9 Å². The molecule has 0 radical (unpaired) electrons. The van der Waals surface area contributed by atoms with Crippen molar-refractivity contribution in [2.45, 2.75) is 19.9 Å². The predicted octanol–water partition coefficient (Wildman–Crippen LogP) is 2.90. The molecular weight excluding hydrogens is 274 g/mol. The van der Waals surface area contributed by atoms with Gasteiger partial charge in [0.15, 0.2) is 0 Å². The monoisotopic (exact) mass is 289 g/mol. The maximum Gasteiger partial charge on any atom is 0.225 e. The quantitative estimate of drug-likeness (QED) is 0.752. The van der Waals surface area contributed by atoms with Crippen molar-refractivity contribution in [3.8, 4) is 0 Å². The van der Waals surface area contributed by atoms with Crippen LogP contribution in [0.15, 0.2) is 22.9 Å². The van der Waals surface area contributed by atoms with Gasteiger partial charge in [0, 0.05) is 18.0 Å². The SMILES string of the molecule is CCc1cc2c(NCc3ccon3)nc(NC)nc2s1. The summed E-state index contributed by atoms with van der Waals surface area (Å²) in [5.41, 5.74) is 0.841. The van der Waals surface area contributed by atoms with Gasteiger partial charge in [0.2, 0.25) is 5.95 Å². The van der Waals surface area contributed by atoms with Crippen molar-refractivity contribution in [3.05, 3.63) is 29.0 Å².